The maximum Gasteiger partial charge on any atom is 0.306 e. The molecule has 1 aliphatic heterocycles. The zero-order valence-corrected chi connectivity index (χ0v) is 8.91. The highest BCUT2D eigenvalue weighted by Gasteiger charge is 2.18. The van der Waals surface area contributed by atoms with E-state index in [2.05, 4.69) is 17.0 Å². The standard InChI is InChI=1S/C10H19NO3/c1-8-7-9(4-6-14-8)11-5-3-10(12)13-2/h8-9,11H,3-7H2,1-2H3. The van der Waals surface area contributed by atoms with Crippen LogP contribution in [0.5, 0.6) is 0 Å². The van der Waals surface area contributed by atoms with Crippen molar-refractivity contribution in [1.29, 1.82) is 0 Å². The third kappa shape index (κ3) is 4.07. The molecule has 0 aromatic rings. The lowest BCUT2D eigenvalue weighted by Gasteiger charge is -2.27. The molecule has 4 heteroatoms. The van der Waals surface area contributed by atoms with Gasteiger partial charge in [-0.05, 0) is 19.8 Å². The van der Waals surface area contributed by atoms with Crippen LogP contribution in [0, 0.1) is 0 Å². The zero-order chi connectivity index (χ0) is 10.4. The van der Waals surface area contributed by atoms with Gasteiger partial charge in [0.2, 0.25) is 0 Å². The molecule has 0 amide bonds. The summed E-state index contributed by atoms with van der Waals surface area (Å²) in [5.41, 5.74) is 0. The summed E-state index contributed by atoms with van der Waals surface area (Å²) in [7, 11) is 1.42. The van der Waals surface area contributed by atoms with Crippen LogP contribution in [-0.2, 0) is 14.3 Å². The number of nitrogens with one attached hydrogen (secondary N) is 1. The molecular formula is C10H19NO3. The van der Waals surface area contributed by atoms with Crippen molar-refractivity contribution in [3.63, 3.8) is 0 Å². The summed E-state index contributed by atoms with van der Waals surface area (Å²) >= 11 is 0. The van der Waals surface area contributed by atoms with Crippen molar-refractivity contribution >= 4 is 5.97 Å². The van der Waals surface area contributed by atoms with Gasteiger partial charge in [-0.3, -0.25) is 4.79 Å². The van der Waals surface area contributed by atoms with Crippen LogP contribution in [0.15, 0.2) is 0 Å². The average molecular weight is 201 g/mol. The maximum absolute atomic E-state index is 10.8. The lowest BCUT2D eigenvalue weighted by Crippen LogP contribution is -2.38. The van der Waals surface area contributed by atoms with E-state index in [0.717, 1.165) is 19.4 Å². The summed E-state index contributed by atoms with van der Waals surface area (Å²) in [5, 5.41) is 3.34. The van der Waals surface area contributed by atoms with E-state index < -0.39 is 0 Å². The lowest BCUT2D eigenvalue weighted by atomic mass is 10.0. The van der Waals surface area contributed by atoms with Crippen molar-refractivity contribution in [1.82, 2.24) is 5.32 Å². The molecule has 1 saturated heterocycles. The molecule has 0 aromatic carbocycles. The average Bonchev–Trinajstić information content (AvgIpc) is 2.17. The fourth-order valence-corrected chi connectivity index (χ4v) is 1.66. The number of hydrogen-bond acceptors (Lipinski definition) is 4. The van der Waals surface area contributed by atoms with E-state index in [1.807, 2.05) is 0 Å². The SMILES string of the molecule is COC(=O)CCNC1CCOC(C)C1. The van der Waals surface area contributed by atoms with Gasteiger partial charge in [-0.15, -0.1) is 0 Å². The van der Waals surface area contributed by atoms with Gasteiger partial charge in [0.25, 0.3) is 0 Å². The highest BCUT2D eigenvalue weighted by atomic mass is 16.5. The molecule has 4 nitrogen and oxygen atoms in total. The molecule has 0 aliphatic carbocycles. The zero-order valence-electron chi connectivity index (χ0n) is 8.91. The minimum atomic E-state index is -0.155. The number of carbonyl (C=O) groups excluding carboxylic acids is 1. The number of esters is 1. The minimum absolute atomic E-state index is 0.155. The van der Waals surface area contributed by atoms with Crippen LogP contribution in [0.2, 0.25) is 0 Å². The summed E-state index contributed by atoms with van der Waals surface area (Å²) < 4.78 is 9.98. The lowest BCUT2D eigenvalue weighted by molar-refractivity contribution is -0.140. The molecule has 0 radical (unpaired) electrons. The molecule has 1 aliphatic rings. The number of methoxy groups -OCH3 is 1. The Kier molecular flexibility index (Phi) is 4.90. The Balaban J connectivity index is 2.08. The molecule has 2 atom stereocenters. The van der Waals surface area contributed by atoms with Crippen LogP contribution in [0.4, 0.5) is 0 Å². The summed E-state index contributed by atoms with van der Waals surface area (Å²) in [6, 6.07) is 0.489. The van der Waals surface area contributed by atoms with Gasteiger partial charge in [-0.1, -0.05) is 0 Å². The van der Waals surface area contributed by atoms with Gasteiger partial charge in [0.1, 0.15) is 0 Å². The molecule has 1 rings (SSSR count). The second kappa shape index (κ2) is 5.98. The number of carbonyl (C=O) groups is 1. The molecule has 0 spiro atoms. The van der Waals surface area contributed by atoms with Gasteiger partial charge in [0, 0.05) is 19.2 Å². The minimum Gasteiger partial charge on any atom is -0.469 e. The highest BCUT2D eigenvalue weighted by molar-refractivity contribution is 5.69. The first-order valence-electron chi connectivity index (χ1n) is 5.14. The van der Waals surface area contributed by atoms with Crippen molar-refractivity contribution in [3.8, 4) is 0 Å². The van der Waals surface area contributed by atoms with Crippen LogP contribution in [-0.4, -0.2) is 38.4 Å². The summed E-state index contributed by atoms with van der Waals surface area (Å²) in [6.07, 6.45) is 2.84. The van der Waals surface area contributed by atoms with E-state index in [0.29, 0.717) is 25.1 Å². The highest BCUT2D eigenvalue weighted by Crippen LogP contribution is 2.12. The monoisotopic (exact) mass is 201 g/mol. The Hall–Kier alpha value is -0.610. The molecule has 0 bridgehead atoms. The Morgan fingerprint density at radius 2 is 2.43 bits per heavy atom. The molecule has 14 heavy (non-hydrogen) atoms. The summed E-state index contributed by atoms with van der Waals surface area (Å²) in [6.45, 7) is 3.59. The predicted octanol–water partition coefficient (Wildman–Crippen LogP) is 0.707. The fourth-order valence-electron chi connectivity index (χ4n) is 1.66. The number of ether oxygens (including phenoxy) is 2. The Bertz CT molecular complexity index is 184. The van der Waals surface area contributed by atoms with E-state index in [9.17, 15) is 4.79 Å². The quantitative estimate of drug-likeness (QED) is 0.680. The first-order chi connectivity index (χ1) is 6.72. The Morgan fingerprint density at radius 1 is 1.64 bits per heavy atom. The van der Waals surface area contributed by atoms with Crippen molar-refractivity contribution in [3.05, 3.63) is 0 Å². The summed E-state index contributed by atoms with van der Waals surface area (Å²) in [5.74, 6) is -0.155. The molecular weight excluding hydrogens is 182 g/mol. The maximum atomic E-state index is 10.8. The molecule has 0 aromatic heterocycles. The van der Waals surface area contributed by atoms with Gasteiger partial charge >= 0.3 is 5.97 Å². The van der Waals surface area contributed by atoms with Gasteiger partial charge < -0.3 is 14.8 Å². The first-order valence-corrected chi connectivity index (χ1v) is 5.14. The molecule has 1 fully saturated rings. The normalized spacial score (nSPS) is 27.3. The third-order valence-corrected chi connectivity index (χ3v) is 2.47. The predicted molar refractivity (Wildman–Crippen MR) is 53.1 cm³/mol. The van der Waals surface area contributed by atoms with Crippen molar-refractivity contribution in [2.45, 2.75) is 38.3 Å². The van der Waals surface area contributed by atoms with E-state index in [1.54, 1.807) is 0 Å². The van der Waals surface area contributed by atoms with E-state index in [-0.39, 0.29) is 5.97 Å². The van der Waals surface area contributed by atoms with Crippen LogP contribution >= 0.6 is 0 Å². The van der Waals surface area contributed by atoms with Crippen molar-refractivity contribution < 1.29 is 14.3 Å². The Labute approximate surface area is 85.0 Å². The third-order valence-electron chi connectivity index (χ3n) is 2.47. The summed E-state index contributed by atoms with van der Waals surface area (Å²) in [4.78, 5) is 10.8. The molecule has 1 heterocycles. The largest absolute Gasteiger partial charge is 0.469 e. The van der Waals surface area contributed by atoms with Crippen LogP contribution in [0.3, 0.4) is 0 Å². The van der Waals surface area contributed by atoms with Crippen molar-refractivity contribution in [2.75, 3.05) is 20.3 Å². The molecule has 0 saturated carbocycles. The second-order valence-electron chi connectivity index (χ2n) is 3.68. The van der Waals surface area contributed by atoms with Gasteiger partial charge in [0.05, 0.1) is 19.6 Å². The fraction of sp³-hybridized carbons (Fsp3) is 0.900. The molecule has 2 unspecified atom stereocenters. The van der Waals surface area contributed by atoms with E-state index in [4.69, 9.17) is 4.74 Å². The van der Waals surface area contributed by atoms with E-state index in [1.165, 1.54) is 7.11 Å². The molecule has 1 N–H and O–H groups in total. The van der Waals surface area contributed by atoms with Crippen LogP contribution in [0.25, 0.3) is 0 Å². The van der Waals surface area contributed by atoms with Gasteiger partial charge in [-0.2, -0.15) is 0 Å². The van der Waals surface area contributed by atoms with Gasteiger partial charge in [-0.25, -0.2) is 0 Å². The van der Waals surface area contributed by atoms with Crippen LogP contribution in [0.1, 0.15) is 26.2 Å². The van der Waals surface area contributed by atoms with E-state index >= 15 is 0 Å². The van der Waals surface area contributed by atoms with Crippen molar-refractivity contribution in [2.24, 2.45) is 0 Å². The number of hydrogen-bond donors (Lipinski definition) is 1. The number of rotatable bonds is 4. The van der Waals surface area contributed by atoms with Crippen LogP contribution < -0.4 is 5.32 Å². The topological polar surface area (TPSA) is 47.6 Å². The second-order valence-corrected chi connectivity index (χ2v) is 3.68. The smallest absolute Gasteiger partial charge is 0.306 e. The molecule has 82 valence electrons. The first kappa shape index (κ1) is 11.5. The van der Waals surface area contributed by atoms with Gasteiger partial charge in [0.15, 0.2) is 0 Å². The Morgan fingerprint density at radius 3 is 3.07 bits per heavy atom.